The number of carbonyl (C=O) groups excluding carboxylic acids is 1. The quantitative estimate of drug-likeness (QED) is 0.857. The van der Waals surface area contributed by atoms with E-state index in [1.165, 1.54) is 11.3 Å². The molecule has 0 unspecified atom stereocenters. The molecular formula is C10H12N4O2S. The maximum atomic E-state index is 11.6. The summed E-state index contributed by atoms with van der Waals surface area (Å²) in [6, 6.07) is 0. The smallest absolute Gasteiger partial charge is 0.271 e. The van der Waals surface area contributed by atoms with E-state index in [0.29, 0.717) is 16.7 Å². The monoisotopic (exact) mass is 252 g/mol. The van der Waals surface area contributed by atoms with Crippen LogP contribution in [0.25, 0.3) is 0 Å². The number of aryl methyl sites for hydroxylation is 2. The summed E-state index contributed by atoms with van der Waals surface area (Å²) in [5.41, 5.74) is 6.58. The van der Waals surface area contributed by atoms with E-state index in [1.54, 1.807) is 5.38 Å². The molecule has 0 saturated carbocycles. The van der Waals surface area contributed by atoms with E-state index >= 15 is 0 Å². The van der Waals surface area contributed by atoms with Crippen LogP contribution in [0.4, 0.5) is 5.13 Å². The summed E-state index contributed by atoms with van der Waals surface area (Å²) >= 11 is 1.23. The number of oxazole rings is 1. The Kier molecular flexibility index (Phi) is 3.10. The van der Waals surface area contributed by atoms with E-state index in [1.807, 2.05) is 13.8 Å². The molecule has 0 saturated heterocycles. The second kappa shape index (κ2) is 4.54. The third-order valence-electron chi connectivity index (χ3n) is 2.23. The number of nitrogens with two attached hydrogens (primary N) is 1. The molecule has 2 rings (SSSR count). The third kappa shape index (κ3) is 2.62. The SMILES string of the molecule is Cc1nc(CNC(=O)c2csc(N)n2)oc1C. The van der Waals surface area contributed by atoms with Crippen molar-refractivity contribution < 1.29 is 9.21 Å². The molecule has 0 radical (unpaired) electrons. The fourth-order valence-corrected chi connectivity index (χ4v) is 1.80. The Hall–Kier alpha value is -1.89. The van der Waals surface area contributed by atoms with Crippen LogP contribution in [0.3, 0.4) is 0 Å². The third-order valence-corrected chi connectivity index (χ3v) is 2.90. The number of nitrogens with zero attached hydrogens (tertiary/aromatic N) is 2. The zero-order valence-electron chi connectivity index (χ0n) is 9.48. The van der Waals surface area contributed by atoms with Crippen LogP contribution in [0, 0.1) is 13.8 Å². The first-order chi connectivity index (χ1) is 8.06. The number of anilines is 1. The topological polar surface area (TPSA) is 94.0 Å². The van der Waals surface area contributed by atoms with Crippen LogP contribution in [-0.4, -0.2) is 15.9 Å². The van der Waals surface area contributed by atoms with E-state index in [-0.39, 0.29) is 12.5 Å². The summed E-state index contributed by atoms with van der Waals surface area (Å²) in [7, 11) is 0. The Morgan fingerprint density at radius 2 is 2.29 bits per heavy atom. The second-order valence-corrected chi connectivity index (χ2v) is 4.39. The van der Waals surface area contributed by atoms with Crippen LogP contribution < -0.4 is 11.1 Å². The number of rotatable bonds is 3. The number of amides is 1. The first-order valence-corrected chi connectivity index (χ1v) is 5.86. The van der Waals surface area contributed by atoms with Crippen molar-refractivity contribution >= 4 is 22.4 Å². The van der Waals surface area contributed by atoms with Gasteiger partial charge in [-0.15, -0.1) is 11.3 Å². The molecular weight excluding hydrogens is 240 g/mol. The lowest BCUT2D eigenvalue weighted by molar-refractivity contribution is 0.0943. The minimum atomic E-state index is -0.286. The number of hydrogen-bond donors (Lipinski definition) is 2. The van der Waals surface area contributed by atoms with Crippen molar-refractivity contribution in [2.24, 2.45) is 0 Å². The fourth-order valence-electron chi connectivity index (χ4n) is 1.25. The average Bonchev–Trinajstić information content (AvgIpc) is 2.83. The second-order valence-electron chi connectivity index (χ2n) is 3.50. The molecule has 0 spiro atoms. The summed E-state index contributed by atoms with van der Waals surface area (Å²) in [6.45, 7) is 3.92. The van der Waals surface area contributed by atoms with Gasteiger partial charge in [0, 0.05) is 5.38 Å². The van der Waals surface area contributed by atoms with Crippen LogP contribution in [0.1, 0.15) is 27.8 Å². The predicted molar refractivity (Wildman–Crippen MR) is 63.7 cm³/mol. The number of nitrogen functional groups attached to an aromatic ring is 1. The molecule has 0 atom stereocenters. The van der Waals surface area contributed by atoms with Crippen LogP contribution in [-0.2, 0) is 6.54 Å². The molecule has 0 bridgehead atoms. The number of thiazole rings is 1. The van der Waals surface area contributed by atoms with Gasteiger partial charge in [-0.3, -0.25) is 4.79 Å². The molecule has 2 aromatic rings. The van der Waals surface area contributed by atoms with Gasteiger partial charge in [-0.05, 0) is 13.8 Å². The number of carbonyl (C=O) groups is 1. The highest BCUT2D eigenvalue weighted by Gasteiger charge is 2.11. The van der Waals surface area contributed by atoms with Gasteiger partial charge in [0.05, 0.1) is 12.2 Å². The molecule has 90 valence electrons. The maximum Gasteiger partial charge on any atom is 0.271 e. The molecule has 3 N–H and O–H groups in total. The fraction of sp³-hybridized carbons (Fsp3) is 0.300. The molecule has 7 heteroatoms. The normalized spacial score (nSPS) is 10.5. The lowest BCUT2D eigenvalue weighted by atomic mass is 10.4. The Balaban J connectivity index is 1.96. The minimum Gasteiger partial charge on any atom is -0.444 e. The van der Waals surface area contributed by atoms with Crippen molar-refractivity contribution in [2.75, 3.05) is 5.73 Å². The van der Waals surface area contributed by atoms with E-state index in [0.717, 1.165) is 11.5 Å². The largest absolute Gasteiger partial charge is 0.444 e. The van der Waals surface area contributed by atoms with Crippen molar-refractivity contribution in [2.45, 2.75) is 20.4 Å². The standard InChI is InChI=1S/C10H12N4O2S/c1-5-6(2)16-8(13-5)3-12-9(15)7-4-17-10(11)14-7/h4H,3H2,1-2H3,(H2,11,14)(H,12,15). The molecule has 0 aliphatic heterocycles. The molecule has 1 amide bonds. The lowest BCUT2D eigenvalue weighted by Gasteiger charge is -1.98. The van der Waals surface area contributed by atoms with Gasteiger partial charge in [0.2, 0.25) is 5.89 Å². The van der Waals surface area contributed by atoms with Gasteiger partial charge < -0.3 is 15.5 Å². The average molecular weight is 252 g/mol. The predicted octanol–water partition coefficient (Wildman–Crippen LogP) is 1.26. The van der Waals surface area contributed by atoms with Gasteiger partial charge in [0.1, 0.15) is 11.5 Å². The van der Waals surface area contributed by atoms with E-state index in [9.17, 15) is 4.79 Å². The van der Waals surface area contributed by atoms with Gasteiger partial charge in [0.25, 0.3) is 5.91 Å². The number of hydrogen-bond acceptors (Lipinski definition) is 6. The van der Waals surface area contributed by atoms with E-state index in [2.05, 4.69) is 15.3 Å². The zero-order chi connectivity index (χ0) is 12.4. The summed E-state index contributed by atoms with van der Waals surface area (Å²) in [6.07, 6.45) is 0. The van der Waals surface area contributed by atoms with Gasteiger partial charge >= 0.3 is 0 Å². The maximum absolute atomic E-state index is 11.6. The van der Waals surface area contributed by atoms with Crippen LogP contribution >= 0.6 is 11.3 Å². The summed E-state index contributed by atoms with van der Waals surface area (Å²) in [5.74, 6) is 0.954. The molecule has 0 aliphatic rings. The van der Waals surface area contributed by atoms with Crippen molar-refractivity contribution in [1.29, 1.82) is 0 Å². The van der Waals surface area contributed by atoms with Crippen LogP contribution in [0.15, 0.2) is 9.80 Å². The molecule has 6 nitrogen and oxygen atoms in total. The first-order valence-electron chi connectivity index (χ1n) is 4.98. The molecule has 2 aromatic heterocycles. The number of nitrogens with one attached hydrogen (secondary N) is 1. The summed E-state index contributed by atoms with van der Waals surface area (Å²) in [5, 5.41) is 4.64. The molecule has 0 aliphatic carbocycles. The van der Waals surface area contributed by atoms with Crippen molar-refractivity contribution in [3.05, 3.63) is 28.4 Å². The van der Waals surface area contributed by atoms with Gasteiger partial charge in [0.15, 0.2) is 5.13 Å². The van der Waals surface area contributed by atoms with Crippen LogP contribution in [0.2, 0.25) is 0 Å². The van der Waals surface area contributed by atoms with Gasteiger partial charge in [-0.2, -0.15) is 0 Å². The minimum absolute atomic E-state index is 0.241. The number of aromatic nitrogens is 2. The Morgan fingerprint density at radius 1 is 1.53 bits per heavy atom. The van der Waals surface area contributed by atoms with E-state index in [4.69, 9.17) is 10.2 Å². The highest BCUT2D eigenvalue weighted by Crippen LogP contribution is 2.11. The van der Waals surface area contributed by atoms with Crippen molar-refractivity contribution in [3.63, 3.8) is 0 Å². The highest BCUT2D eigenvalue weighted by molar-refractivity contribution is 7.13. The van der Waals surface area contributed by atoms with Crippen molar-refractivity contribution in [1.82, 2.24) is 15.3 Å². The van der Waals surface area contributed by atoms with Crippen LogP contribution in [0.5, 0.6) is 0 Å². The Morgan fingerprint density at radius 3 is 2.82 bits per heavy atom. The van der Waals surface area contributed by atoms with E-state index < -0.39 is 0 Å². The lowest BCUT2D eigenvalue weighted by Crippen LogP contribution is -2.23. The molecule has 17 heavy (non-hydrogen) atoms. The summed E-state index contributed by atoms with van der Waals surface area (Å²) < 4.78 is 5.34. The van der Waals surface area contributed by atoms with Gasteiger partial charge in [-0.1, -0.05) is 0 Å². The van der Waals surface area contributed by atoms with Gasteiger partial charge in [-0.25, -0.2) is 9.97 Å². The Bertz CT molecular complexity index is 527. The molecule has 0 fully saturated rings. The van der Waals surface area contributed by atoms with Crippen molar-refractivity contribution in [3.8, 4) is 0 Å². The Labute approximate surface area is 102 Å². The molecule has 2 heterocycles. The first kappa shape index (κ1) is 11.6. The highest BCUT2D eigenvalue weighted by atomic mass is 32.1. The summed E-state index contributed by atoms with van der Waals surface area (Å²) in [4.78, 5) is 19.7. The molecule has 0 aromatic carbocycles. The zero-order valence-corrected chi connectivity index (χ0v) is 10.3.